The molecule has 0 saturated carbocycles. The Hall–Kier alpha value is -0.120. The van der Waals surface area contributed by atoms with Crippen molar-refractivity contribution >= 4 is 0 Å². The monoisotopic (exact) mass is 212 g/mol. The van der Waals surface area contributed by atoms with Crippen LogP contribution < -0.4 is 5.32 Å². The molecule has 0 aromatic heterocycles. The second kappa shape index (κ2) is 4.81. The lowest BCUT2D eigenvalue weighted by Gasteiger charge is -2.38. The van der Waals surface area contributed by atoms with E-state index in [4.69, 9.17) is 0 Å². The Morgan fingerprint density at radius 3 is 2.40 bits per heavy atom. The van der Waals surface area contributed by atoms with Gasteiger partial charge in [-0.25, -0.2) is 0 Å². The van der Waals surface area contributed by atoms with Gasteiger partial charge in [-0.1, -0.05) is 6.92 Å². The van der Waals surface area contributed by atoms with Gasteiger partial charge in [-0.3, -0.25) is 0 Å². The van der Waals surface area contributed by atoms with Gasteiger partial charge >= 0.3 is 0 Å². The van der Waals surface area contributed by atoms with E-state index in [9.17, 15) is 5.11 Å². The van der Waals surface area contributed by atoms with E-state index in [1.165, 1.54) is 25.7 Å². The molecule has 2 fully saturated rings. The second-order valence-electron chi connectivity index (χ2n) is 5.17. The molecule has 0 radical (unpaired) electrons. The van der Waals surface area contributed by atoms with E-state index < -0.39 is 0 Å². The van der Waals surface area contributed by atoms with Gasteiger partial charge in [0.15, 0.2) is 0 Å². The molecule has 0 spiro atoms. The molecule has 2 rings (SSSR count). The van der Waals surface area contributed by atoms with Gasteiger partial charge in [0.2, 0.25) is 0 Å². The zero-order valence-corrected chi connectivity index (χ0v) is 9.95. The summed E-state index contributed by atoms with van der Waals surface area (Å²) < 4.78 is 0. The van der Waals surface area contributed by atoms with Crippen molar-refractivity contribution in [1.82, 2.24) is 10.2 Å². The minimum Gasteiger partial charge on any atom is -0.395 e. The quantitative estimate of drug-likeness (QED) is 0.729. The third-order valence-electron chi connectivity index (χ3n) is 4.28. The second-order valence-corrected chi connectivity index (χ2v) is 5.17. The van der Waals surface area contributed by atoms with Crippen molar-refractivity contribution in [2.24, 2.45) is 0 Å². The lowest BCUT2D eigenvalue weighted by atomic mass is 9.97. The van der Waals surface area contributed by atoms with E-state index in [1.807, 2.05) is 0 Å². The number of hydrogen-bond acceptors (Lipinski definition) is 3. The van der Waals surface area contributed by atoms with Gasteiger partial charge in [0, 0.05) is 24.2 Å². The smallest absolute Gasteiger partial charge is 0.0584 e. The Bertz CT molecular complexity index is 192. The first-order valence-corrected chi connectivity index (χ1v) is 6.33. The molecule has 0 amide bonds. The molecule has 3 nitrogen and oxygen atoms in total. The molecule has 3 atom stereocenters. The number of nitrogens with zero attached hydrogens (tertiary/aromatic N) is 1. The van der Waals surface area contributed by atoms with Crippen molar-refractivity contribution < 1.29 is 5.11 Å². The number of aliphatic hydroxyl groups is 1. The molecule has 0 aromatic carbocycles. The van der Waals surface area contributed by atoms with Gasteiger partial charge in [0.05, 0.1) is 6.61 Å². The Morgan fingerprint density at radius 1 is 1.33 bits per heavy atom. The molecule has 2 N–H and O–H groups in total. The Labute approximate surface area is 92.8 Å². The number of hydrogen-bond donors (Lipinski definition) is 2. The maximum absolute atomic E-state index is 9.18. The highest BCUT2D eigenvalue weighted by molar-refractivity contribution is 4.96. The van der Waals surface area contributed by atoms with Crippen LogP contribution in [0.4, 0.5) is 0 Å². The largest absolute Gasteiger partial charge is 0.395 e. The van der Waals surface area contributed by atoms with E-state index >= 15 is 0 Å². The Kier molecular flexibility index (Phi) is 3.65. The highest BCUT2D eigenvalue weighted by Gasteiger charge is 2.38. The Balaban J connectivity index is 1.86. The van der Waals surface area contributed by atoms with E-state index in [1.54, 1.807) is 0 Å². The van der Waals surface area contributed by atoms with Crippen LogP contribution in [0.5, 0.6) is 0 Å². The first-order chi connectivity index (χ1) is 7.24. The first kappa shape index (κ1) is 11.4. The van der Waals surface area contributed by atoms with Gasteiger partial charge < -0.3 is 15.3 Å². The van der Waals surface area contributed by atoms with Crippen LogP contribution in [0.3, 0.4) is 0 Å². The summed E-state index contributed by atoms with van der Waals surface area (Å²) in [5.41, 5.74) is 0. The molecule has 2 unspecified atom stereocenters. The number of rotatable bonds is 4. The minimum atomic E-state index is 0.276. The molecule has 2 bridgehead atoms. The molecule has 0 aromatic rings. The normalized spacial score (nSPS) is 38.2. The fourth-order valence-electron chi connectivity index (χ4n) is 3.18. The molecule has 3 heteroatoms. The van der Waals surface area contributed by atoms with Crippen LogP contribution >= 0.6 is 0 Å². The van der Waals surface area contributed by atoms with Gasteiger partial charge in [0.25, 0.3) is 0 Å². The lowest BCUT2D eigenvalue weighted by Crippen LogP contribution is -2.50. The molecular formula is C12H24N2O. The number of aliphatic hydroxyl groups excluding tert-OH is 1. The molecule has 2 aliphatic heterocycles. The highest BCUT2D eigenvalue weighted by atomic mass is 16.3. The molecule has 0 aliphatic carbocycles. The lowest BCUT2D eigenvalue weighted by molar-refractivity contribution is 0.132. The van der Waals surface area contributed by atoms with Crippen molar-refractivity contribution in [3.05, 3.63) is 0 Å². The topological polar surface area (TPSA) is 35.5 Å². The van der Waals surface area contributed by atoms with E-state index in [0.717, 1.165) is 18.5 Å². The number of nitrogens with one attached hydrogen (secondary N) is 1. The Morgan fingerprint density at radius 2 is 1.93 bits per heavy atom. The summed E-state index contributed by atoms with van der Waals surface area (Å²) in [6.07, 6.45) is 6.30. The van der Waals surface area contributed by atoms with E-state index in [0.29, 0.717) is 12.1 Å². The summed E-state index contributed by atoms with van der Waals surface area (Å²) >= 11 is 0. The summed E-state index contributed by atoms with van der Waals surface area (Å²) in [4.78, 5) is 2.55. The minimum absolute atomic E-state index is 0.276. The van der Waals surface area contributed by atoms with Crippen LogP contribution in [0.2, 0.25) is 0 Å². The van der Waals surface area contributed by atoms with Crippen molar-refractivity contribution in [1.29, 1.82) is 0 Å². The molecule has 88 valence electrons. The summed E-state index contributed by atoms with van der Waals surface area (Å²) in [6.45, 7) is 2.41. The van der Waals surface area contributed by atoms with E-state index in [2.05, 4.69) is 24.2 Å². The third-order valence-corrected chi connectivity index (χ3v) is 4.28. The van der Waals surface area contributed by atoms with Crippen LogP contribution in [0, 0.1) is 0 Å². The average molecular weight is 212 g/mol. The van der Waals surface area contributed by atoms with Crippen LogP contribution in [0.15, 0.2) is 0 Å². The molecule has 15 heavy (non-hydrogen) atoms. The summed E-state index contributed by atoms with van der Waals surface area (Å²) in [5.74, 6) is 0. The maximum Gasteiger partial charge on any atom is 0.0584 e. The van der Waals surface area contributed by atoms with Crippen LogP contribution in [-0.4, -0.2) is 47.8 Å². The summed E-state index contributed by atoms with van der Waals surface area (Å²) in [5, 5.41) is 12.8. The van der Waals surface area contributed by atoms with Crippen molar-refractivity contribution in [2.45, 2.75) is 63.2 Å². The average Bonchev–Trinajstić information content (AvgIpc) is 2.50. The molecule has 2 saturated heterocycles. The highest BCUT2D eigenvalue weighted by Crippen LogP contribution is 2.34. The van der Waals surface area contributed by atoms with Crippen LogP contribution in [0.1, 0.15) is 39.0 Å². The molecule has 2 heterocycles. The van der Waals surface area contributed by atoms with Gasteiger partial charge in [-0.15, -0.1) is 0 Å². The predicted octanol–water partition coefficient (Wildman–Crippen LogP) is 0.972. The van der Waals surface area contributed by atoms with Gasteiger partial charge in [0.1, 0.15) is 0 Å². The van der Waals surface area contributed by atoms with Crippen LogP contribution in [0.25, 0.3) is 0 Å². The summed E-state index contributed by atoms with van der Waals surface area (Å²) in [6, 6.07) is 2.52. The zero-order valence-electron chi connectivity index (χ0n) is 9.95. The maximum atomic E-state index is 9.18. The van der Waals surface area contributed by atoms with Gasteiger partial charge in [-0.2, -0.15) is 0 Å². The number of fused-ring (bicyclic) bond motifs is 2. The van der Waals surface area contributed by atoms with Crippen molar-refractivity contribution in [2.75, 3.05) is 13.7 Å². The first-order valence-electron chi connectivity index (χ1n) is 6.33. The fraction of sp³-hybridized carbons (Fsp3) is 1.00. The molecular weight excluding hydrogens is 188 g/mol. The van der Waals surface area contributed by atoms with Gasteiger partial charge in [-0.05, 0) is 39.2 Å². The third kappa shape index (κ3) is 2.35. The van der Waals surface area contributed by atoms with Crippen molar-refractivity contribution in [3.63, 3.8) is 0 Å². The molecule has 2 aliphatic rings. The van der Waals surface area contributed by atoms with Crippen LogP contribution in [-0.2, 0) is 0 Å². The SMILES string of the molecule is CC[C@@H](CO)NC1CC2CCC(C1)N2C. The number of piperidine rings is 1. The summed E-state index contributed by atoms with van der Waals surface area (Å²) in [7, 11) is 2.27. The zero-order chi connectivity index (χ0) is 10.8. The standard InChI is InChI=1S/C12H24N2O/c1-3-9(8-15)13-10-6-11-4-5-12(7-10)14(11)2/h9-13,15H,3-8H2,1-2H3/t9-,10?,11?,12?/m0/s1. The van der Waals surface area contributed by atoms with E-state index in [-0.39, 0.29) is 6.61 Å². The van der Waals surface area contributed by atoms with Crippen molar-refractivity contribution in [3.8, 4) is 0 Å². The predicted molar refractivity (Wildman–Crippen MR) is 61.9 cm³/mol. The fourth-order valence-corrected chi connectivity index (χ4v) is 3.18.